The van der Waals surface area contributed by atoms with Gasteiger partial charge in [0.1, 0.15) is 11.3 Å². The molecule has 2 aromatic rings. The van der Waals surface area contributed by atoms with Crippen molar-refractivity contribution in [2.75, 3.05) is 18.1 Å². The number of sulfone groups is 1. The SMILES string of the molecule is CCNC(c1cc2cc(Cl)ccc2o1)C1CCS(=O)(=O)C1. The summed E-state index contributed by atoms with van der Waals surface area (Å²) in [5, 5.41) is 4.97. The summed E-state index contributed by atoms with van der Waals surface area (Å²) in [6.45, 7) is 2.77. The molecule has 1 aliphatic rings. The van der Waals surface area contributed by atoms with Crippen molar-refractivity contribution in [3.05, 3.63) is 35.0 Å². The van der Waals surface area contributed by atoms with Crippen LogP contribution in [0.4, 0.5) is 0 Å². The highest BCUT2D eigenvalue weighted by atomic mass is 35.5. The van der Waals surface area contributed by atoms with Crippen LogP contribution >= 0.6 is 11.6 Å². The summed E-state index contributed by atoms with van der Waals surface area (Å²) in [6, 6.07) is 7.38. The van der Waals surface area contributed by atoms with E-state index >= 15 is 0 Å². The van der Waals surface area contributed by atoms with E-state index in [9.17, 15) is 8.42 Å². The van der Waals surface area contributed by atoms with Crippen LogP contribution in [-0.2, 0) is 9.84 Å². The van der Waals surface area contributed by atoms with Crippen LogP contribution in [0.25, 0.3) is 11.0 Å². The fourth-order valence-corrected chi connectivity index (χ4v) is 5.01. The zero-order valence-electron chi connectivity index (χ0n) is 11.8. The molecule has 1 aliphatic heterocycles. The van der Waals surface area contributed by atoms with Gasteiger partial charge in [0.2, 0.25) is 0 Å². The predicted octanol–water partition coefficient (Wildman–Crippen LogP) is 3.17. The van der Waals surface area contributed by atoms with Gasteiger partial charge in [0.25, 0.3) is 0 Å². The van der Waals surface area contributed by atoms with Crippen molar-refractivity contribution in [2.24, 2.45) is 5.92 Å². The third kappa shape index (κ3) is 3.10. The molecule has 1 aromatic carbocycles. The molecule has 2 unspecified atom stereocenters. The molecule has 0 saturated carbocycles. The van der Waals surface area contributed by atoms with Gasteiger partial charge in [0, 0.05) is 10.4 Å². The first-order valence-corrected chi connectivity index (χ1v) is 9.31. The maximum atomic E-state index is 11.7. The van der Waals surface area contributed by atoms with E-state index in [0.717, 1.165) is 23.3 Å². The van der Waals surface area contributed by atoms with E-state index in [1.54, 1.807) is 6.07 Å². The Labute approximate surface area is 129 Å². The predicted molar refractivity (Wildman–Crippen MR) is 84.4 cm³/mol. The minimum Gasteiger partial charge on any atom is -0.459 e. The number of halogens is 1. The van der Waals surface area contributed by atoms with Crippen LogP contribution in [0.15, 0.2) is 28.7 Å². The Morgan fingerprint density at radius 1 is 1.43 bits per heavy atom. The van der Waals surface area contributed by atoms with Crippen LogP contribution in [0, 0.1) is 5.92 Å². The summed E-state index contributed by atoms with van der Waals surface area (Å²) >= 11 is 6.00. The molecular formula is C15H18ClNO3S. The summed E-state index contributed by atoms with van der Waals surface area (Å²) in [5.74, 6) is 1.34. The number of hydrogen-bond donors (Lipinski definition) is 1. The van der Waals surface area contributed by atoms with E-state index in [0.29, 0.717) is 11.4 Å². The second kappa shape index (κ2) is 5.63. The van der Waals surface area contributed by atoms with Gasteiger partial charge in [-0.25, -0.2) is 8.42 Å². The summed E-state index contributed by atoms with van der Waals surface area (Å²) in [7, 11) is -2.91. The molecule has 0 amide bonds. The number of hydrogen-bond acceptors (Lipinski definition) is 4. The van der Waals surface area contributed by atoms with Gasteiger partial charge >= 0.3 is 0 Å². The summed E-state index contributed by atoms with van der Waals surface area (Å²) in [5.41, 5.74) is 0.776. The maximum absolute atomic E-state index is 11.7. The molecular weight excluding hydrogens is 310 g/mol. The molecule has 114 valence electrons. The lowest BCUT2D eigenvalue weighted by molar-refractivity contribution is 0.343. The van der Waals surface area contributed by atoms with E-state index in [4.69, 9.17) is 16.0 Å². The maximum Gasteiger partial charge on any atom is 0.150 e. The number of benzene rings is 1. The van der Waals surface area contributed by atoms with Gasteiger partial charge in [-0.2, -0.15) is 0 Å². The van der Waals surface area contributed by atoms with Crippen molar-refractivity contribution in [3.63, 3.8) is 0 Å². The van der Waals surface area contributed by atoms with Crippen LogP contribution in [0.1, 0.15) is 25.1 Å². The standard InChI is InChI=1S/C15H18ClNO3S/c1-2-17-15(10-5-6-21(18,19)9-10)14-8-11-7-12(16)3-4-13(11)20-14/h3-4,7-8,10,15,17H,2,5-6,9H2,1H3. The first-order chi connectivity index (χ1) is 9.98. The lowest BCUT2D eigenvalue weighted by atomic mass is 9.97. The third-order valence-corrected chi connectivity index (χ3v) is 6.00. The first kappa shape index (κ1) is 14.9. The van der Waals surface area contributed by atoms with E-state index in [-0.39, 0.29) is 23.5 Å². The van der Waals surface area contributed by atoms with E-state index in [1.807, 2.05) is 25.1 Å². The van der Waals surface area contributed by atoms with E-state index in [2.05, 4.69) is 5.32 Å². The monoisotopic (exact) mass is 327 g/mol. The first-order valence-electron chi connectivity index (χ1n) is 7.11. The largest absolute Gasteiger partial charge is 0.459 e. The second-order valence-electron chi connectivity index (χ2n) is 5.53. The minimum atomic E-state index is -2.91. The van der Waals surface area contributed by atoms with E-state index < -0.39 is 9.84 Å². The smallest absolute Gasteiger partial charge is 0.150 e. The number of fused-ring (bicyclic) bond motifs is 1. The molecule has 1 saturated heterocycles. The molecule has 0 bridgehead atoms. The molecule has 4 nitrogen and oxygen atoms in total. The van der Waals surface area contributed by atoms with E-state index in [1.165, 1.54) is 0 Å². The van der Waals surface area contributed by atoms with Gasteiger partial charge in [-0.1, -0.05) is 18.5 Å². The second-order valence-corrected chi connectivity index (χ2v) is 8.19. The summed E-state index contributed by atoms with van der Waals surface area (Å²) in [4.78, 5) is 0. The van der Waals surface area contributed by atoms with Crippen molar-refractivity contribution in [3.8, 4) is 0 Å². The molecule has 0 aliphatic carbocycles. The molecule has 2 atom stereocenters. The Morgan fingerprint density at radius 2 is 2.24 bits per heavy atom. The number of furan rings is 1. The molecule has 1 N–H and O–H groups in total. The molecule has 0 radical (unpaired) electrons. The molecule has 3 rings (SSSR count). The highest BCUT2D eigenvalue weighted by molar-refractivity contribution is 7.91. The van der Waals surface area contributed by atoms with Gasteiger partial charge < -0.3 is 9.73 Å². The van der Waals surface area contributed by atoms with Gasteiger partial charge in [-0.05, 0) is 43.1 Å². The van der Waals surface area contributed by atoms with Crippen molar-refractivity contribution in [1.82, 2.24) is 5.32 Å². The van der Waals surface area contributed by atoms with Crippen molar-refractivity contribution < 1.29 is 12.8 Å². The zero-order valence-corrected chi connectivity index (χ0v) is 13.4. The Hall–Kier alpha value is -1.04. The van der Waals surface area contributed by atoms with Gasteiger partial charge in [0.15, 0.2) is 9.84 Å². The molecule has 2 heterocycles. The average Bonchev–Trinajstić information content (AvgIpc) is 2.98. The fourth-order valence-electron chi connectivity index (χ4n) is 2.99. The lowest BCUT2D eigenvalue weighted by Crippen LogP contribution is -2.28. The van der Waals surface area contributed by atoms with Crippen molar-refractivity contribution in [1.29, 1.82) is 0 Å². The highest BCUT2D eigenvalue weighted by Gasteiger charge is 2.35. The molecule has 1 aromatic heterocycles. The average molecular weight is 328 g/mol. The van der Waals surface area contributed by atoms with Crippen LogP contribution in [-0.4, -0.2) is 26.5 Å². The highest BCUT2D eigenvalue weighted by Crippen LogP contribution is 2.34. The Bertz CT molecular complexity index is 753. The van der Waals surface area contributed by atoms with Crippen LogP contribution < -0.4 is 5.32 Å². The van der Waals surface area contributed by atoms with Crippen molar-refractivity contribution >= 4 is 32.4 Å². The van der Waals surface area contributed by atoms with Crippen LogP contribution in [0.3, 0.4) is 0 Å². The molecule has 21 heavy (non-hydrogen) atoms. The topological polar surface area (TPSA) is 59.3 Å². The summed E-state index contributed by atoms with van der Waals surface area (Å²) in [6.07, 6.45) is 0.678. The lowest BCUT2D eigenvalue weighted by Gasteiger charge is -2.21. The van der Waals surface area contributed by atoms with Crippen LogP contribution in [0.5, 0.6) is 0 Å². The van der Waals surface area contributed by atoms with Gasteiger partial charge in [0.05, 0.1) is 17.5 Å². The number of nitrogens with one attached hydrogen (secondary N) is 1. The fraction of sp³-hybridized carbons (Fsp3) is 0.467. The third-order valence-electron chi connectivity index (χ3n) is 3.97. The zero-order chi connectivity index (χ0) is 15.0. The quantitative estimate of drug-likeness (QED) is 0.937. The van der Waals surface area contributed by atoms with Gasteiger partial charge in [-0.15, -0.1) is 0 Å². The van der Waals surface area contributed by atoms with Gasteiger partial charge in [-0.3, -0.25) is 0 Å². The van der Waals surface area contributed by atoms with Crippen molar-refractivity contribution in [2.45, 2.75) is 19.4 Å². The summed E-state index contributed by atoms with van der Waals surface area (Å²) < 4.78 is 29.3. The Balaban J connectivity index is 1.95. The Morgan fingerprint density at radius 3 is 2.90 bits per heavy atom. The van der Waals surface area contributed by atoms with Crippen LogP contribution in [0.2, 0.25) is 5.02 Å². The molecule has 0 spiro atoms. The Kier molecular flexibility index (Phi) is 3.99. The molecule has 6 heteroatoms. The molecule has 1 fully saturated rings. The minimum absolute atomic E-state index is 0.0611. The normalized spacial score (nSPS) is 22.7. The number of rotatable bonds is 4.